The van der Waals surface area contributed by atoms with Crippen LogP contribution in [-0.2, 0) is 13.6 Å². The fraction of sp³-hybridized carbons (Fsp3) is 0.273. The van der Waals surface area contributed by atoms with Crippen LogP contribution in [0.1, 0.15) is 5.82 Å². The molecule has 0 aliphatic heterocycles. The summed E-state index contributed by atoms with van der Waals surface area (Å²) in [7, 11) is 3.64. The molecule has 16 heavy (non-hydrogen) atoms. The molecule has 84 valence electrons. The highest BCUT2D eigenvalue weighted by molar-refractivity contribution is 5.78. The molecule has 0 bridgehead atoms. The quantitative estimate of drug-likeness (QED) is 0.572. The summed E-state index contributed by atoms with van der Waals surface area (Å²) < 4.78 is 2.05. The first-order valence-electron chi connectivity index (χ1n) is 5.09. The Balaban J connectivity index is 2.28. The number of guanidine groups is 1. The van der Waals surface area contributed by atoms with E-state index in [2.05, 4.69) is 15.3 Å². The highest BCUT2D eigenvalue weighted by atomic mass is 15.1. The number of aryl methyl sites for hydroxylation is 1. The van der Waals surface area contributed by atoms with Crippen LogP contribution in [0.4, 0.5) is 0 Å². The molecular weight excluding hydrogens is 202 g/mol. The molecule has 5 nitrogen and oxygen atoms in total. The molecular formula is C11H15N5. The lowest BCUT2D eigenvalue weighted by molar-refractivity contribution is 0.760. The molecule has 1 aromatic carbocycles. The van der Waals surface area contributed by atoms with Crippen molar-refractivity contribution in [3.63, 3.8) is 0 Å². The first kappa shape index (κ1) is 10.5. The van der Waals surface area contributed by atoms with Gasteiger partial charge in [-0.2, -0.15) is 0 Å². The summed E-state index contributed by atoms with van der Waals surface area (Å²) >= 11 is 0. The number of nitrogens with one attached hydrogen (secondary N) is 1. The van der Waals surface area contributed by atoms with Gasteiger partial charge in [-0.1, -0.05) is 12.1 Å². The molecule has 2 aromatic rings. The standard InChI is InChI=1S/C11H15N5/c1-13-11(12)14-7-10-15-8-5-3-4-6-9(8)16(10)2/h3-6H,7H2,1-2H3,(H3,12,13,14). The molecule has 0 aliphatic carbocycles. The second-order valence-corrected chi connectivity index (χ2v) is 3.54. The van der Waals surface area contributed by atoms with Gasteiger partial charge in [0.25, 0.3) is 0 Å². The number of para-hydroxylation sites is 2. The third kappa shape index (κ3) is 1.84. The van der Waals surface area contributed by atoms with Gasteiger partial charge in [-0.05, 0) is 12.1 Å². The summed E-state index contributed by atoms with van der Waals surface area (Å²) in [4.78, 5) is 8.34. The van der Waals surface area contributed by atoms with Gasteiger partial charge in [0.05, 0.1) is 17.6 Å². The average Bonchev–Trinajstić information content (AvgIpc) is 2.64. The first-order valence-corrected chi connectivity index (χ1v) is 5.09. The highest BCUT2D eigenvalue weighted by Crippen LogP contribution is 2.13. The minimum atomic E-state index is 0.423. The van der Waals surface area contributed by atoms with E-state index in [1.807, 2.05) is 35.9 Å². The molecule has 1 aromatic heterocycles. The van der Waals surface area contributed by atoms with Crippen LogP contribution in [0, 0.1) is 0 Å². The predicted molar refractivity (Wildman–Crippen MR) is 65.1 cm³/mol. The second kappa shape index (κ2) is 4.22. The van der Waals surface area contributed by atoms with E-state index in [1.54, 1.807) is 7.05 Å². The van der Waals surface area contributed by atoms with Crippen LogP contribution in [0.5, 0.6) is 0 Å². The topological polar surface area (TPSA) is 68.2 Å². The summed E-state index contributed by atoms with van der Waals surface area (Å²) in [5.74, 6) is 1.36. The summed E-state index contributed by atoms with van der Waals surface area (Å²) in [6, 6.07) is 8.02. The average molecular weight is 217 g/mol. The molecule has 0 radical (unpaired) electrons. The Morgan fingerprint density at radius 3 is 2.94 bits per heavy atom. The van der Waals surface area contributed by atoms with Crippen LogP contribution in [0.2, 0.25) is 0 Å². The number of benzene rings is 1. The number of nitrogens with two attached hydrogens (primary N) is 1. The Hall–Kier alpha value is -2.04. The fourth-order valence-corrected chi connectivity index (χ4v) is 1.60. The third-order valence-electron chi connectivity index (χ3n) is 2.55. The molecule has 0 fully saturated rings. The zero-order chi connectivity index (χ0) is 11.5. The fourth-order valence-electron chi connectivity index (χ4n) is 1.60. The Kier molecular flexibility index (Phi) is 2.76. The van der Waals surface area contributed by atoms with Gasteiger partial charge in [0.2, 0.25) is 0 Å². The van der Waals surface area contributed by atoms with E-state index >= 15 is 0 Å². The maximum absolute atomic E-state index is 5.57. The Bertz CT molecular complexity index is 526. The number of hydrogen-bond acceptors (Lipinski definition) is 2. The number of nitrogens with zero attached hydrogens (tertiary/aromatic N) is 3. The van der Waals surface area contributed by atoms with Crippen molar-refractivity contribution in [2.24, 2.45) is 17.8 Å². The van der Waals surface area contributed by atoms with E-state index in [4.69, 9.17) is 5.73 Å². The molecule has 1 heterocycles. The van der Waals surface area contributed by atoms with E-state index < -0.39 is 0 Å². The van der Waals surface area contributed by atoms with Crippen molar-refractivity contribution < 1.29 is 0 Å². The molecule has 2 rings (SSSR count). The molecule has 0 saturated heterocycles. The van der Waals surface area contributed by atoms with Crippen molar-refractivity contribution in [2.75, 3.05) is 7.05 Å². The minimum Gasteiger partial charge on any atom is -0.370 e. The number of aliphatic imine (C=N–C) groups is 1. The van der Waals surface area contributed by atoms with E-state index in [9.17, 15) is 0 Å². The van der Waals surface area contributed by atoms with Gasteiger partial charge in [-0.25, -0.2) is 4.98 Å². The van der Waals surface area contributed by atoms with Crippen LogP contribution in [-0.4, -0.2) is 22.6 Å². The molecule has 0 atom stereocenters. The number of aromatic nitrogens is 2. The van der Waals surface area contributed by atoms with E-state index in [0.29, 0.717) is 12.5 Å². The van der Waals surface area contributed by atoms with Gasteiger partial charge in [-0.3, -0.25) is 4.99 Å². The second-order valence-electron chi connectivity index (χ2n) is 3.54. The van der Waals surface area contributed by atoms with Gasteiger partial charge in [0, 0.05) is 14.1 Å². The third-order valence-corrected chi connectivity index (χ3v) is 2.55. The molecule has 3 N–H and O–H groups in total. The van der Waals surface area contributed by atoms with Crippen LogP contribution in [0.25, 0.3) is 11.0 Å². The van der Waals surface area contributed by atoms with Crippen LogP contribution >= 0.6 is 0 Å². The SMILES string of the molecule is CN=C(N)NCc1nc2ccccc2n1C. The normalized spacial score (nSPS) is 12.0. The van der Waals surface area contributed by atoms with Crippen LogP contribution in [0.3, 0.4) is 0 Å². The van der Waals surface area contributed by atoms with Crippen molar-refractivity contribution >= 4 is 17.0 Å². The maximum atomic E-state index is 5.57. The molecule has 5 heteroatoms. The highest BCUT2D eigenvalue weighted by Gasteiger charge is 2.06. The zero-order valence-corrected chi connectivity index (χ0v) is 9.44. The summed E-state index contributed by atoms with van der Waals surface area (Å²) in [5, 5.41) is 2.99. The van der Waals surface area contributed by atoms with Gasteiger partial charge in [-0.15, -0.1) is 0 Å². The number of rotatable bonds is 2. The molecule has 0 spiro atoms. The van der Waals surface area contributed by atoms with Gasteiger partial charge < -0.3 is 15.6 Å². The Morgan fingerprint density at radius 1 is 1.50 bits per heavy atom. The maximum Gasteiger partial charge on any atom is 0.188 e. The van der Waals surface area contributed by atoms with Crippen molar-refractivity contribution in [2.45, 2.75) is 6.54 Å². The van der Waals surface area contributed by atoms with Crippen molar-refractivity contribution in [3.8, 4) is 0 Å². The van der Waals surface area contributed by atoms with Crippen molar-refractivity contribution in [1.82, 2.24) is 14.9 Å². The molecule has 0 aliphatic rings. The monoisotopic (exact) mass is 217 g/mol. The largest absolute Gasteiger partial charge is 0.370 e. The predicted octanol–water partition coefficient (Wildman–Crippen LogP) is 0.607. The van der Waals surface area contributed by atoms with E-state index in [-0.39, 0.29) is 0 Å². The zero-order valence-electron chi connectivity index (χ0n) is 9.44. The van der Waals surface area contributed by atoms with Crippen LogP contribution in [0.15, 0.2) is 29.3 Å². The first-order chi connectivity index (χ1) is 7.72. The van der Waals surface area contributed by atoms with E-state index in [0.717, 1.165) is 16.9 Å². The molecule has 0 unspecified atom stereocenters. The molecule has 0 saturated carbocycles. The van der Waals surface area contributed by atoms with Gasteiger partial charge >= 0.3 is 0 Å². The number of fused-ring (bicyclic) bond motifs is 1. The van der Waals surface area contributed by atoms with Crippen molar-refractivity contribution in [1.29, 1.82) is 0 Å². The summed E-state index contributed by atoms with van der Waals surface area (Å²) in [6.07, 6.45) is 0. The summed E-state index contributed by atoms with van der Waals surface area (Å²) in [5.41, 5.74) is 7.68. The Labute approximate surface area is 94.0 Å². The van der Waals surface area contributed by atoms with Gasteiger partial charge in [0.1, 0.15) is 5.82 Å². The summed E-state index contributed by atoms with van der Waals surface area (Å²) in [6.45, 7) is 0.578. The van der Waals surface area contributed by atoms with Crippen molar-refractivity contribution in [3.05, 3.63) is 30.1 Å². The lowest BCUT2D eigenvalue weighted by Gasteiger charge is -2.04. The van der Waals surface area contributed by atoms with Gasteiger partial charge in [0.15, 0.2) is 5.96 Å². The number of imidazole rings is 1. The van der Waals surface area contributed by atoms with Crippen LogP contribution < -0.4 is 11.1 Å². The lowest BCUT2D eigenvalue weighted by atomic mass is 10.3. The smallest absolute Gasteiger partial charge is 0.188 e. The van der Waals surface area contributed by atoms with E-state index in [1.165, 1.54) is 0 Å². The minimum absolute atomic E-state index is 0.423. The lowest BCUT2D eigenvalue weighted by Crippen LogP contribution is -2.31. The molecule has 0 amide bonds. The Morgan fingerprint density at radius 2 is 2.25 bits per heavy atom. The number of hydrogen-bond donors (Lipinski definition) is 2.